The molecule has 9 atom stereocenters. The minimum atomic E-state index is 0.591. The lowest BCUT2D eigenvalue weighted by atomic mass is 9.46. The average molecular weight is 453 g/mol. The summed E-state index contributed by atoms with van der Waals surface area (Å²) in [5, 5.41) is 0. The zero-order chi connectivity index (χ0) is 23.9. The van der Waals surface area contributed by atoms with Crippen LogP contribution in [0.1, 0.15) is 138 Å². The molecular weight excluding hydrogens is 396 g/mol. The average Bonchev–Trinajstić information content (AvgIpc) is 3.33. The monoisotopic (exact) mass is 452 g/mol. The Hall–Kier alpha value is -0.260. The van der Waals surface area contributed by atoms with E-state index in [9.17, 15) is 0 Å². The van der Waals surface area contributed by atoms with Crippen molar-refractivity contribution in [3.05, 3.63) is 12.2 Å². The second-order valence-electron chi connectivity index (χ2n) is 15.3. The van der Waals surface area contributed by atoms with E-state index < -0.39 is 0 Å². The number of fused-ring (bicyclic) bond motifs is 4. The van der Waals surface area contributed by atoms with E-state index in [2.05, 4.69) is 41.2 Å². The summed E-state index contributed by atoms with van der Waals surface area (Å²) in [5.41, 5.74) is 4.84. The van der Waals surface area contributed by atoms with E-state index in [1.807, 2.05) is 13.8 Å². The Morgan fingerprint density at radius 1 is 0.818 bits per heavy atom. The van der Waals surface area contributed by atoms with Crippen LogP contribution in [0.15, 0.2) is 12.2 Å². The molecule has 6 saturated carbocycles. The van der Waals surface area contributed by atoms with Crippen LogP contribution >= 0.6 is 0 Å². The molecule has 0 nitrogen and oxygen atoms in total. The zero-order valence-corrected chi connectivity index (χ0v) is 23.5. The van der Waals surface area contributed by atoms with Crippen molar-refractivity contribution >= 4 is 0 Å². The second kappa shape index (κ2) is 7.87. The third kappa shape index (κ3) is 3.34. The smallest absolute Gasteiger partial charge is 0.0199 e. The van der Waals surface area contributed by atoms with Gasteiger partial charge >= 0.3 is 0 Å². The van der Waals surface area contributed by atoms with E-state index in [0.29, 0.717) is 16.2 Å². The lowest BCUT2D eigenvalue weighted by Gasteiger charge is -2.58. The Bertz CT molecular complexity index is 775. The van der Waals surface area contributed by atoms with Crippen molar-refractivity contribution < 1.29 is 0 Å². The van der Waals surface area contributed by atoms with Crippen LogP contribution in [0.5, 0.6) is 0 Å². The minimum Gasteiger partial charge on any atom is -0.100 e. The molecule has 0 aromatic heterocycles. The van der Waals surface area contributed by atoms with Gasteiger partial charge in [0, 0.05) is 0 Å². The summed E-state index contributed by atoms with van der Waals surface area (Å²) >= 11 is 0. The Kier molecular flexibility index (Phi) is 5.83. The van der Waals surface area contributed by atoms with E-state index in [-0.39, 0.29) is 0 Å². The molecule has 6 fully saturated rings. The van der Waals surface area contributed by atoms with Crippen LogP contribution in [0.3, 0.4) is 0 Å². The summed E-state index contributed by atoms with van der Waals surface area (Å²) in [6, 6.07) is 0. The molecule has 0 saturated heterocycles. The van der Waals surface area contributed by atoms with Crippen LogP contribution in [0.4, 0.5) is 0 Å². The number of hydrogen-bond acceptors (Lipinski definition) is 0. The first-order valence-electron chi connectivity index (χ1n) is 15.2. The molecule has 0 heterocycles. The topological polar surface area (TPSA) is 0 Å². The number of rotatable bonds is 3. The Labute approximate surface area is 207 Å². The SMILES string of the molecule is C=C(C)CCC1(C)CCC2C(CC3C4CCC5C(C)(C)CCCC56CC46CCC23C)C1.CC. The molecule has 0 amide bonds. The molecule has 0 heteroatoms. The fraction of sp³-hybridized carbons (Fsp3) is 0.939. The molecule has 6 aliphatic rings. The van der Waals surface area contributed by atoms with E-state index in [1.54, 1.807) is 44.9 Å². The summed E-state index contributed by atoms with van der Waals surface area (Å²) < 4.78 is 0. The van der Waals surface area contributed by atoms with Gasteiger partial charge in [-0.3, -0.25) is 0 Å². The first-order valence-corrected chi connectivity index (χ1v) is 15.2. The van der Waals surface area contributed by atoms with Gasteiger partial charge in [0.15, 0.2) is 0 Å². The summed E-state index contributed by atoms with van der Waals surface area (Å²) in [5.74, 6) is 5.27. The zero-order valence-electron chi connectivity index (χ0n) is 23.5. The summed E-state index contributed by atoms with van der Waals surface area (Å²) in [4.78, 5) is 0. The molecule has 9 unspecified atom stereocenters. The summed E-state index contributed by atoms with van der Waals surface area (Å²) in [6.45, 7) is 21.1. The van der Waals surface area contributed by atoms with E-state index in [0.717, 1.165) is 40.4 Å². The van der Waals surface area contributed by atoms with Gasteiger partial charge in [0.05, 0.1) is 0 Å². The molecule has 0 aliphatic heterocycles. The van der Waals surface area contributed by atoms with Gasteiger partial charge in [-0.25, -0.2) is 0 Å². The van der Waals surface area contributed by atoms with Crippen LogP contribution in [0, 0.1) is 56.7 Å². The third-order valence-electron chi connectivity index (χ3n) is 13.4. The van der Waals surface area contributed by atoms with Gasteiger partial charge in [-0.15, -0.1) is 6.58 Å². The predicted octanol–water partition coefficient (Wildman–Crippen LogP) is 10.2. The molecule has 0 aromatic carbocycles. The molecule has 0 radical (unpaired) electrons. The molecule has 0 bridgehead atoms. The van der Waals surface area contributed by atoms with Crippen molar-refractivity contribution in [2.45, 2.75) is 138 Å². The third-order valence-corrected chi connectivity index (χ3v) is 13.4. The first kappa shape index (κ1) is 24.4. The molecule has 33 heavy (non-hydrogen) atoms. The van der Waals surface area contributed by atoms with Crippen molar-refractivity contribution in [2.75, 3.05) is 0 Å². The molecular formula is C33H56. The van der Waals surface area contributed by atoms with Crippen molar-refractivity contribution in [1.82, 2.24) is 0 Å². The van der Waals surface area contributed by atoms with Gasteiger partial charge in [0.1, 0.15) is 0 Å². The van der Waals surface area contributed by atoms with Crippen molar-refractivity contribution in [3.8, 4) is 0 Å². The van der Waals surface area contributed by atoms with Crippen LogP contribution in [-0.2, 0) is 0 Å². The van der Waals surface area contributed by atoms with Crippen LogP contribution in [-0.4, -0.2) is 0 Å². The molecule has 2 spiro atoms. The second-order valence-corrected chi connectivity index (χ2v) is 15.3. The highest BCUT2D eigenvalue weighted by molar-refractivity contribution is 5.28. The fourth-order valence-electron chi connectivity index (χ4n) is 12.0. The Morgan fingerprint density at radius 3 is 2.30 bits per heavy atom. The van der Waals surface area contributed by atoms with Gasteiger partial charge in [-0.1, -0.05) is 53.5 Å². The lowest BCUT2D eigenvalue weighted by Crippen LogP contribution is -2.51. The van der Waals surface area contributed by atoms with Crippen LogP contribution in [0.2, 0.25) is 0 Å². The standard InChI is InChI=1S/C31H50.C2H6/c1-21(2)10-14-28(5)15-11-23-22(19-28)18-25-24-8-9-26-27(3,4)12-7-13-31(26)20-30(24,31)17-16-29(23,25)6;1-2/h22-26H,1,7-20H2,2-6H3;1-2H3. The largest absolute Gasteiger partial charge is 0.100 e. The maximum atomic E-state index is 4.21. The van der Waals surface area contributed by atoms with Crippen LogP contribution < -0.4 is 0 Å². The maximum Gasteiger partial charge on any atom is -0.0199 e. The van der Waals surface area contributed by atoms with Gasteiger partial charge in [0.25, 0.3) is 0 Å². The predicted molar refractivity (Wildman–Crippen MR) is 143 cm³/mol. The number of hydrogen-bond donors (Lipinski definition) is 0. The highest BCUT2D eigenvalue weighted by Crippen LogP contribution is 2.87. The van der Waals surface area contributed by atoms with Gasteiger partial charge < -0.3 is 0 Å². The molecule has 6 aliphatic carbocycles. The van der Waals surface area contributed by atoms with Gasteiger partial charge in [0.2, 0.25) is 0 Å². The van der Waals surface area contributed by atoms with E-state index in [1.165, 1.54) is 50.5 Å². The fourth-order valence-corrected chi connectivity index (χ4v) is 12.0. The van der Waals surface area contributed by atoms with Crippen molar-refractivity contribution in [3.63, 3.8) is 0 Å². The summed E-state index contributed by atoms with van der Waals surface area (Å²) in [7, 11) is 0. The van der Waals surface area contributed by atoms with Crippen molar-refractivity contribution in [2.24, 2.45) is 56.7 Å². The molecule has 0 N–H and O–H groups in total. The molecule has 188 valence electrons. The van der Waals surface area contributed by atoms with E-state index in [4.69, 9.17) is 0 Å². The van der Waals surface area contributed by atoms with Gasteiger partial charge in [-0.2, -0.15) is 0 Å². The van der Waals surface area contributed by atoms with E-state index >= 15 is 0 Å². The normalized spacial score (nSPS) is 53.2. The Morgan fingerprint density at radius 2 is 1.58 bits per heavy atom. The first-order chi connectivity index (χ1) is 15.6. The Balaban J connectivity index is 0.00000111. The molecule has 0 aromatic rings. The summed E-state index contributed by atoms with van der Waals surface area (Å²) in [6.07, 6.45) is 21.4. The van der Waals surface area contributed by atoms with Crippen LogP contribution in [0.25, 0.3) is 0 Å². The lowest BCUT2D eigenvalue weighted by molar-refractivity contribution is -0.0951. The van der Waals surface area contributed by atoms with Gasteiger partial charge in [-0.05, 0) is 147 Å². The maximum absolute atomic E-state index is 4.21. The highest BCUT2D eigenvalue weighted by Gasteiger charge is 2.79. The molecule has 6 rings (SSSR count). The minimum absolute atomic E-state index is 0.591. The quantitative estimate of drug-likeness (QED) is 0.373. The highest BCUT2D eigenvalue weighted by atomic mass is 14.8. The van der Waals surface area contributed by atoms with Crippen molar-refractivity contribution in [1.29, 1.82) is 0 Å². The number of allylic oxidation sites excluding steroid dienone is 1.